The summed E-state index contributed by atoms with van der Waals surface area (Å²) in [6.07, 6.45) is 0. The summed E-state index contributed by atoms with van der Waals surface area (Å²) >= 11 is 27.8. The molecule has 4 fully saturated rings. The van der Waals surface area contributed by atoms with E-state index in [0.29, 0.717) is 0 Å². The Kier molecular flexibility index (Phi) is 25.2. The van der Waals surface area contributed by atoms with Crippen LogP contribution in [-0.4, -0.2) is 48.3 Å². The van der Waals surface area contributed by atoms with Crippen LogP contribution in [0, 0.1) is 0 Å². The largest absolute Gasteiger partial charge is 0.329 e. The first kappa shape index (κ1) is 77.7. The van der Waals surface area contributed by atoms with Gasteiger partial charge >= 0.3 is 24.1 Å². The number of benzene rings is 12. The Balaban J connectivity index is 0.000000127. The fraction of sp³-hybridized carbons (Fsp3) is 0.136. The van der Waals surface area contributed by atoms with Crippen LogP contribution in [0.25, 0.3) is 0 Å². The lowest BCUT2D eigenvalue weighted by molar-refractivity contribution is 0.254. The van der Waals surface area contributed by atoms with Crippen molar-refractivity contribution < 1.29 is 19.2 Å². The molecule has 108 heavy (non-hydrogen) atoms. The maximum Gasteiger partial charge on any atom is 0.329 e. The monoisotopic (exact) mass is 1940 g/mol. The van der Waals surface area contributed by atoms with Gasteiger partial charge in [0.25, 0.3) is 0 Å². The van der Waals surface area contributed by atoms with Crippen LogP contribution in [0.4, 0.5) is 64.7 Å². The molecule has 0 spiro atoms. The lowest BCUT2D eigenvalue weighted by atomic mass is 9.99. The van der Waals surface area contributed by atoms with Gasteiger partial charge in [-0.3, -0.25) is 39.2 Å². The Bertz CT molecular complexity index is 4410. The second-order valence-electron chi connectivity index (χ2n) is 26.3. The van der Waals surface area contributed by atoms with Crippen molar-refractivity contribution in [2.75, 3.05) is 39.2 Å². The number of rotatable bonds is 12. The van der Waals surface area contributed by atoms with Gasteiger partial charge in [-0.2, -0.15) is 0 Å². The van der Waals surface area contributed by atoms with Crippen molar-refractivity contribution in [2.24, 2.45) is 0 Å². The number of amides is 8. The van der Waals surface area contributed by atoms with E-state index >= 15 is 0 Å². The highest BCUT2D eigenvalue weighted by atomic mass is 79.9. The fourth-order valence-electron chi connectivity index (χ4n) is 14.7. The summed E-state index contributed by atoms with van der Waals surface area (Å²) < 4.78 is 7.95. The predicted molar refractivity (Wildman–Crippen MR) is 469 cm³/mol. The molecular formula is C88H72Br8N8O4. The summed E-state index contributed by atoms with van der Waals surface area (Å²) in [4.78, 5) is 69.1. The molecular weight excluding hydrogens is 1870 g/mol. The summed E-state index contributed by atoms with van der Waals surface area (Å²) in [7, 11) is 0. The zero-order chi connectivity index (χ0) is 75.9. The van der Waals surface area contributed by atoms with E-state index in [-0.39, 0.29) is 72.5 Å². The van der Waals surface area contributed by atoms with Crippen LogP contribution >= 0.6 is 127 Å². The number of nitrogens with zero attached hydrogens (tertiary/aromatic N) is 8. The minimum absolute atomic E-state index is 0.00952. The maximum atomic E-state index is 13.5. The summed E-state index contributed by atoms with van der Waals surface area (Å²) in [5.74, 6) is 0. The zero-order valence-corrected chi connectivity index (χ0v) is 71.6. The van der Waals surface area contributed by atoms with Crippen LogP contribution < -0.4 is 39.2 Å². The van der Waals surface area contributed by atoms with Gasteiger partial charge in [-0.15, -0.1) is 0 Å². The highest BCUT2D eigenvalue weighted by Gasteiger charge is 2.49. The van der Waals surface area contributed by atoms with Crippen molar-refractivity contribution in [3.05, 3.63) is 373 Å². The molecule has 0 N–H and O–H groups in total. The van der Waals surface area contributed by atoms with E-state index in [1.807, 2.05) is 306 Å². The Morgan fingerprint density at radius 2 is 0.296 bits per heavy atom. The molecule has 0 aliphatic carbocycles. The van der Waals surface area contributed by atoms with E-state index in [9.17, 15) is 19.2 Å². The molecule has 4 aliphatic heterocycles. The third-order valence-corrected chi connectivity index (χ3v) is 23.9. The molecule has 4 heterocycles. The first-order chi connectivity index (χ1) is 52.2. The van der Waals surface area contributed by atoms with Gasteiger partial charge in [0.1, 0.15) is 0 Å². The third kappa shape index (κ3) is 17.0. The molecule has 12 nitrogen and oxygen atoms in total. The van der Waals surface area contributed by atoms with Gasteiger partial charge in [0, 0.05) is 81.3 Å². The Morgan fingerprint density at radius 3 is 0.426 bits per heavy atom. The minimum Gasteiger partial charge on any atom is -0.289 e. The standard InChI is InChI=1S/4C22H18Br2N2O/c4*1-15-21(16-5-3-2-4-6-16)26(20-13-9-18(24)10-14-20)22(27)25(15)19-11-7-17(23)8-12-19/h4*2-15,21H,1H3/t2*15-,21+;2*15-,21-/m1010/s1. The second-order valence-corrected chi connectivity index (χ2v) is 33.6. The van der Waals surface area contributed by atoms with Gasteiger partial charge in [0.2, 0.25) is 0 Å². The normalized spacial score (nSPS) is 19.6. The van der Waals surface area contributed by atoms with Crippen LogP contribution in [-0.2, 0) is 0 Å². The molecule has 0 aromatic heterocycles. The molecule has 0 unspecified atom stereocenters. The van der Waals surface area contributed by atoms with Crippen molar-refractivity contribution in [1.29, 1.82) is 0 Å². The van der Waals surface area contributed by atoms with Crippen LogP contribution in [0.2, 0.25) is 0 Å². The van der Waals surface area contributed by atoms with Crippen LogP contribution in [0.15, 0.2) is 351 Å². The molecule has 16 rings (SSSR count). The molecule has 4 aliphatic rings. The molecule has 8 amide bonds. The number of hydrogen-bond donors (Lipinski definition) is 0. The first-order valence-electron chi connectivity index (χ1n) is 35.0. The minimum atomic E-state index is -0.0662. The van der Waals surface area contributed by atoms with E-state index in [1.165, 1.54) is 0 Å². The number of hydrogen-bond acceptors (Lipinski definition) is 4. The van der Waals surface area contributed by atoms with Gasteiger partial charge in [-0.05, 0) is 244 Å². The molecule has 12 aromatic rings. The van der Waals surface area contributed by atoms with Crippen LogP contribution in [0.1, 0.15) is 74.1 Å². The number of halogens is 8. The molecule has 0 bridgehead atoms. The van der Waals surface area contributed by atoms with Crippen molar-refractivity contribution >= 4 is 197 Å². The highest BCUT2D eigenvalue weighted by Crippen LogP contribution is 2.47. The average Bonchev–Trinajstić information content (AvgIpc) is 1.63. The van der Waals surface area contributed by atoms with E-state index in [1.54, 1.807) is 0 Å². The second kappa shape index (κ2) is 35.1. The SMILES string of the molecule is C[C@@H]1[C@@H](c2ccccc2)N(c2ccc(Br)cc2)C(=O)N1c1ccc(Br)cc1.C[C@@H]1[C@H](c2ccccc2)N(c2ccc(Br)cc2)C(=O)N1c1ccc(Br)cc1.C[C@H]1[C@@H](c2ccccc2)N(c2ccc(Br)cc2)C(=O)N1c1ccc(Br)cc1.C[C@H]1[C@H](c2ccccc2)N(c2ccc(Br)cc2)C(=O)N1c1ccc(Br)cc1. The number of carbonyl (C=O) groups excluding carboxylic acids is 4. The van der Waals surface area contributed by atoms with E-state index < -0.39 is 0 Å². The number of carbonyl (C=O) groups is 4. The summed E-state index contributed by atoms with van der Waals surface area (Å²) in [6.45, 7) is 8.43. The van der Waals surface area contributed by atoms with Gasteiger partial charge < -0.3 is 0 Å². The lowest BCUT2D eigenvalue weighted by Crippen LogP contribution is -2.33. The lowest BCUT2D eigenvalue weighted by Gasteiger charge is -2.26. The van der Waals surface area contributed by atoms with Crippen molar-refractivity contribution in [2.45, 2.75) is 76.0 Å². The highest BCUT2D eigenvalue weighted by molar-refractivity contribution is 9.11. The molecule has 8 atom stereocenters. The molecule has 0 saturated carbocycles. The summed E-state index contributed by atoms with van der Waals surface area (Å²) in [6, 6.07) is 104. The van der Waals surface area contributed by atoms with Crippen LogP contribution in [0.3, 0.4) is 0 Å². The zero-order valence-electron chi connectivity index (χ0n) is 58.9. The van der Waals surface area contributed by atoms with Gasteiger partial charge in [0.05, 0.1) is 48.3 Å². The molecule has 12 aromatic carbocycles. The third-order valence-electron chi connectivity index (χ3n) is 19.6. The topological polar surface area (TPSA) is 94.2 Å². The Labute approximate surface area is 698 Å². The smallest absolute Gasteiger partial charge is 0.289 e. The van der Waals surface area contributed by atoms with E-state index in [2.05, 4.69) is 204 Å². The molecule has 4 saturated heterocycles. The van der Waals surface area contributed by atoms with Crippen molar-refractivity contribution in [3.8, 4) is 0 Å². The summed E-state index contributed by atoms with van der Waals surface area (Å²) in [5.41, 5.74) is 11.7. The average molecular weight is 1940 g/mol. The Morgan fingerprint density at radius 1 is 0.176 bits per heavy atom. The molecule has 20 heteroatoms. The van der Waals surface area contributed by atoms with Crippen molar-refractivity contribution in [1.82, 2.24) is 0 Å². The summed E-state index contributed by atoms with van der Waals surface area (Å²) in [5, 5.41) is 0. The number of urea groups is 4. The van der Waals surface area contributed by atoms with Crippen molar-refractivity contribution in [3.63, 3.8) is 0 Å². The fourth-order valence-corrected chi connectivity index (χ4v) is 16.8. The maximum absolute atomic E-state index is 13.5. The van der Waals surface area contributed by atoms with Gasteiger partial charge in [-0.1, -0.05) is 249 Å². The Hall–Kier alpha value is -8.44. The van der Waals surface area contributed by atoms with Gasteiger partial charge in [-0.25, -0.2) is 19.2 Å². The van der Waals surface area contributed by atoms with E-state index in [4.69, 9.17) is 0 Å². The van der Waals surface area contributed by atoms with E-state index in [0.717, 1.165) is 104 Å². The first-order valence-corrected chi connectivity index (χ1v) is 41.3. The quantitative estimate of drug-likeness (QED) is 0.122. The van der Waals surface area contributed by atoms with Gasteiger partial charge in [0.15, 0.2) is 0 Å². The number of anilines is 8. The molecule has 544 valence electrons. The van der Waals surface area contributed by atoms with Crippen LogP contribution in [0.5, 0.6) is 0 Å². The predicted octanol–water partition coefficient (Wildman–Crippen LogP) is 27.2. The molecule has 0 radical (unpaired) electrons.